The zero-order valence-corrected chi connectivity index (χ0v) is 14.0. The lowest BCUT2D eigenvalue weighted by atomic mass is 9.96. The highest BCUT2D eigenvalue weighted by atomic mass is 19.1. The molecular weight excluding hydrogens is 309 g/mol. The van der Waals surface area contributed by atoms with Crippen molar-refractivity contribution in [3.63, 3.8) is 0 Å². The van der Waals surface area contributed by atoms with Gasteiger partial charge in [-0.25, -0.2) is 4.39 Å². The second-order valence-electron chi connectivity index (χ2n) is 6.40. The van der Waals surface area contributed by atoms with Crippen LogP contribution >= 0.6 is 0 Å². The summed E-state index contributed by atoms with van der Waals surface area (Å²) in [6.07, 6.45) is 2.70. The second kappa shape index (κ2) is 7.11. The number of carbonyl (C=O) groups excluding carboxylic acids is 1. The van der Waals surface area contributed by atoms with Crippen LogP contribution in [-0.2, 0) is 4.79 Å². The molecule has 5 nitrogen and oxygen atoms in total. The Balaban J connectivity index is 1.72. The minimum Gasteiger partial charge on any atom is -0.342 e. The van der Waals surface area contributed by atoms with Crippen LogP contribution in [0.4, 0.5) is 4.39 Å². The van der Waals surface area contributed by atoms with Crippen LogP contribution in [0, 0.1) is 11.7 Å². The summed E-state index contributed by atoms with van der Waals surface area (Å²) in [7, 11) is 0. The molecule has 1 aromatic heterocycles. The average molecular weight is 331 g/mol. The van der Waals surface area contributed by atoms with Crippen molar-refractivity contribution >= 4 is 5.91 Å². The maximum atomic E-state index is 13.0. The minimum absolute atomic E-state index is 0.0428. The van der Waals surface area contributed by atoms with E-state index in [2.05, 4.69) is 10.1 Å². The minimum atomic E-state index is -0.297. The molecule has 6 heteroatoms. The van der Waals surface area contributed by atoms with Crippen molar-refractivity contribution in [3.05, 3.63) is 36.0 Å². The lowest BCUT2D eigenvalue weighted by Crippen LogP contribution is -2.41. The molecule has 0 bridgehead atoms. The zero-order chi connectivity index (χ0) is 17.1. The molecule has 0 saturated carbocycles. The van der Waals surface area contributed by atoms with Gasteiger partial charge in [-0.1, -0.05) is 19.0 Å². The van der Waals surface area contributed by atoms with Gasteiger partial charge >= 0.3 is 0 Å². The quantitative estimate of drug-likeness (QED) is 0.858. The van der Waals surface area contributed by atoms with Gasteiger partial charge in [-0.3, -0.25) is 4.79 Å². The van der Waals surface area contributed by atoms with Gasteiger partial charge in [-0.15, -0.1) is 0 Å². The smallest absolute Gasteiger partial charge is 0.231 e. The zero-order valence-electron chi connectivity index (χ0n) is 14.0. The molecule has 0 N–H and O–H groups in total. The summed E-state index contributed by atoms with van der Waals surface area (Å²) in [6.45, 7) is 5.40. The Labute approximate surface area is 140 Å². The van der Waals surface area contributed by atoms with Gasteiger partial charge in [0.25, 0.3) is 0 Å². The second-order valence-corrected chi connectivity index (χ2v) is 6.40. The molecule has 1 saturated heterocycles. The highest BCUT2D eigenvalue weighted by Gasteiger charge is 2.30. The van der Waals surface area contributed by atoms with Crippen molar-refractivity contribution in [2.75, 3.05) is 13.1 Å². The van der Waals surface area contributed by atoms with E-state index in [9.17, 15) is 9.18 Å². The van der Waals surface area contributed by atoms with Crippen LogP contribution in [0.25, 0.3) is 11.4 Å². The van der Waals surface area contributed by atoms with Crippen molar-refractivity contribution < 1.29 is 13.7 Å². The largest absolute Gasteiger partial charge is 0.342 e. The number of hydrogen-bond acceptors (Lipinski definition) is 4. The van der Waals surface area contributed by atoms with Crippen LogP contribution < -0.4 is 0 Å². The Morgan fingerprint density at radius 2 is 2.17 bits per heavy atom. The van der Waals surface area contributed by atoms with Gasteiger partial charge in [0.2, 0.25) is 17.6 Å². The molecule has 1 aromatic carbocycles. The van der Waals surface area contributed by atoms with Crippen molar-refractivity contribution in [2.24, 2.45) is 5.92 Å². The molecule has 2 aromatic rings. The highest BCUT2D eigenvalue weighted by Crippen LogP contribution is 2.28. The number of carbonyl (C=O) groups is 1. The SMILES string of the molecule is CC[C@H](C)C(=O)N1CCC[C@@H](c2nc(-c3ccc(F)cc3)no2)C1. The van der Waals surface area contributed by atoms with E-state index >= 15 is 0 Å². The van der Waals surface area contributed by atoms with Gasteiger partial charge in [0, 0.05) is 24.6 Å². The third kappa shape index (κ3) is 3.47. The van der Waals surface area contributed by atoms with E-state index in [1.165, 1.54) is 12.1 Å². The number of hydrogen-bond donors (Lipinski definition) is 0. The van der Waals surface area contributed by atoms with E-state index < -0.39 is 0 Å². The van der Waals surface area contributed by atoms with Gasteiger partial charge in [-0.2, -0.15) is 4.98 Å². The van der Waals surface area contributed by atoms with Gasteiger partial charge in [0.15, 0.2) is 0 Å². The van der Waals surface area contributed by atoms with Crippen molar-refractivity contribution in [1.29, 1.82) is 0 Å². The van der Waals surface area contributed by atoms with Crippen LogP contribution in [0.1, 0.15) is 44.9 Å². The van der Waals surface area contributed by atoms with Crippen LogP contribution in [-0.4, -0.2) is 34.0 Å². The predicted molar refractivity (Wildman–Crippen MR) is 87.7 cm³/mol. The molecule has 0 radical (unpaired) electrons. The van der Waals surface area contributed by atoms with E-state index in [1.54, 1.807) is 12.1 Å². The maximum Gasteiger partial charge on any atom is 0.231 e. The van der Waals surface area contributed by atoms with Gasteiger partial charge in [0.1, 0.15) is 5.82 Å². The van der Waals surface area contributed by atoms with Crippen LogP contribution in [0.15, 0.2) is 28.8 Å². The summed E-state index contributed by atoms with van der Waals surface area (Å²) in [5.41, 5.74) is 0.717. The monoisotopic (exact) mass is 331 g/mol. The fraction of sp³-hybridized carbons (Fsp3) is 0.500. The topological polar surface area (TPSA) is 59.2 Å². The molecule has 24 heavy (non-hydrogen) atoms. The summed E-state index contributed by atoms with van der Waals surface area (Å²) in [6, 6.07) is 6.00. The molecule has 1 fully saturated rings. The first-order chi connectivity index (χ1) is 11.6. The highest BCUT2D eigenvalue weighted by molar-refractivity contribution is 5.78. The molecular formula is C18H22FN3O2. The molecule has 0 aliphatic carbocycles. The lowest BCUT2D eigenvalue weighted by Gasteiger charge is -2.32. The molecule has 1 amide bonds. The Hall–Kier alpha value is -2.24. The molecule has 1 aliphatic rings. The average Bonchev–Trinajstić information content (AvgIpc) is 3.11. The number of rotatable bonds is 4. The normalized spacial score (nSPS) is 19.3. The van der Waals surface area contributed by atoms with E-state index in [0.29, 0.717) is 18.3 Å². The molecule has 2 atom stereocenters. The van der Waals surface area contributed by atoms with Crippen molar-refractivity contribution in [3.8, 4) is 11.4 Å². The standard InChI is InChI=1S/C18H22FN3O2/c1-3-12(2)18(23)22-10-4-5-14(11-22)17-20-16(21-24-17)13-6-8-15(19)9-7-13/h6-9,12,14H,3-5,10-11H2,1-2H3/t12-,14+/m0/s1. The van der Waals surface area contributed by atoms with Crippen LogP contribution in [0.2, 0.25) is 0 Å². The third-order valence-corrected chi connectivity index (χ3v) is 4.66. The van der Waals surface area contributed by atoms with E-state index in [0.717, 1.165) is 31.4 Å². The Bertz CT molecular complexity index is 699. The van der Waals surface area contributed by atoms with Crippen molar-refractivity contribution in [2.45, 2.75) is 39.0 Å². The summed E-state index contributed by atoms with van der Waals surface area (Å²) >= 11 is 0. The fourth-order valence-corrected chi connectivity index (χ4v) is 2.98. The van der Waals surface area contributed by atoms with Gasteiger partial charge in [0.05, 0.1) is 5.92 Å². The summed E-state index contributed by atoms with van der Waals surface area (Å²) in [4.78, 5) is 18.7. The van der Waals surface area contributed by atoms with E-state index in [-0.39, 0.29) is 23.6 Å². The fourth-order valence-electron chi connectivity index (χ4n) is 2.98. The van der Waals surface area contributed by atoms with Gasteiger partial charge < -0.3 is 9.42 Å². The number of benzene rings is 1. The number of piperidine rings is 1. The first-order valence-electron chi connectivity index (χ1n) is 8.46. The predicted octanol–water partition coefficient (Wildman–Crippen LogP) is 3.63. The number of amides is 1. The molecule has 0 unspecified atom stereocenters. The van der Waals surface area contributed by atoms with Gasteiger partial charge in [-0.05, 0) is 43.5 Å². The van der Waals surface area contributed by atoms with Crippen LogP contribution in [0.3, 0.4) is 0 Å². The van der Waals surface area contributed by atoms with E-state index in [4.69, 9.17) is 4.52 Å². The molecule has 1 aliphatic heterocycles. The molecule has 128 valence electrons. The summed E-state index contributed by atoms with van der Waals surface area (Å²) in [5.74, 6) is 1.01. The van der Waals surface area contributed by atoms with Crippen LogP contribution in [0.5, 0.6) is 0 Å². The Morgan fingerprint density at radius 1 is 1.42 bits per heavy atom. The first kappa shape index (κ1) is 16.6. The Morgan fingerprint density at radius 3 is 2.88 bits per heavy atom. The number of halogens is 1. The first-order valence-corrected chi connectivity index (χ1v) is 8.46. The molecule has 2 heterocycles. The van der Waals surface area contributed by atoms with E-state index in [1.807, 2.05) is 18.7 Å². The summed E-state index contributed by atoms with van der Waals surface area (Å²) in [5, 5.41) is 4.00. The van der Waals surface area contributed by atoms with Crippen molar-refractivity contribution in [1.82, 2.24) is 15.0 Å². The number of nitrogens with zero attached hydrogens (tertiary/aromatic N) is 3. The Kier molecular flexibility index (Phi) is 4.92. The number of likely N-dealkylation sites (tertiary alicyclic amines) is 1. The lowest BCUT2D eigenvalue weighted by molar-refractivity contribution is -0.136. The summed E-state index contributed by atoms with van der Waals surface area (Å²) < 4.78 is 18.4. The molecule has 3 rings (SSSR count). The molecule has 0 spiro atoms. The number of aromatic nitrogens is 2. The maximum absolute atomic E-state index is 13.0. The third-order valence-electron chi connectivity index (χ3n) is 4.66.